The van der Waals surface area contributed by atoms with Gasteiger partial charge in [-0.3, -0.25) is 4.79 Å². The molecule has 0 unspecified atom stereocenters. The number of nitrogens with zero attached hydrogens (tertiary/aromatic N) is 1. The Kier molecular flexibility index (Phi) is 4.74. The first-order chi connectivity index (χ1) is 9.20. The number of nitrogens with two attached hydrogens (primary N) is 1. The number of carbonyl (C=O) groups excluding carboxylic acids is 1. The first-order valence-electron chi connectivity index (χ1n) is 6.58. The second-order valence-electron chi connectivity index (χ2n) is 4.67. The minimum atomic E-state index is -0.300. The molecule has 1 atom stereocenters. The standard InChI is InChI=1S/C14H19FN2O2/c15-11-3-5-13(6-4-11)19-9-7-14(18)17-8-1-2-12(17)10-16/h3-6,12H,1-2,7-10,16H2/t12-/m0/s1. The first kappa shape index (κ1) is 13.8. The third kappa shape index (κ3) is 3.67. The van der Waals surface area contributed by atoms with Gasteiger partial charge in [-0.05, 0) is 37.1 Å². The molecule has 1 aromatic rings. The summed E-state index contributed by atoms with van der Waals surface area (Å²) in [4.78, 5) is 13.8. The van der Waals surface area contributed by atoms with Crippen molar-refractivity contribution in [3.8, 4) is 5.75 Å². The van der Waals surface area contributed by atoms with Crippen molar-refractivity contribution in [2.45, 2.75) is 25.3 Å². The number of rotatable bonds is 5. The highest BCUT2D eigenvalue weighted by atomic mass is 19.1. The monoisotopic (exact) mass is 266 g/mol. The Morgan fingerprint density at radius 3 is 2.84 bits per heavy atom. The Labute approximate surface area is 112 Å². The van der Waals surface area contributed by atoms with E-state index in [1.807, 2.05) is 4.90 Å². The van der Waals surface area contributed by atoms with Gasteiger partial charge in [-0.1, -0.05) is 0 Å². The third-order valence-electron chi connectivity index (χ3n) is 3.37. The van der Waals surface area contributed by atoms with E-state index >= 15 is 0 Å². The molecule has 1 fully saturated rings. The average molecular weight is 266 g/mol. The van der Waals surface area contributed by atoms with Gasteiger partial charge in [0.2, 0.25) is 5.91 Å². The van der Waals surface area contributed by atoms with Crippen molar-refractivity contribution in [2.24, 2.45) is 5.73 Å². The van der Waals surface area contributed by atoms with Crippen molar-refractivity contribution in [1.82, 2.24) is 4.90 Å². The van der Waals surface area contributed by atoms with Gasteiger partial charge in [0.05, 0.1) is 13.0 Å². The molecule has 0 aliphatic carbocycles. The largest absolute Gasteiger partial charge is 0.493 e. The van der Waals surface area contributed by atoms with Gasteiger partial charge in [0.25, 0.3) is 0 Å². The zero-order chi connectivity index (χ0) is 13.7. The van der Waals surface area contributed by atoms with Crippen molar-refractivity contribution in [2.75, 3.05) is 19.7 Å². The Hall–Kier alpha value is -1.62. The summed E-state index contributed by atoms with van der Waals surface area (Å²) in [5, 5.41) is 0. The zero-order valence-electron chi connectivity index (χ0n) is 10.8. The number of halogens is 1. The second kappa shape index (κ2) is 6.52. The van der Waals surface area contributed by atoms with Crippen molar-refractivity contribution in [1.29, 1.82) is 0 Å². The Morgan fingerprint density at radius 1 is 1.42 bits per heavy atom. The first-order valence-corrected chi connectivity index (χ1v) is 6.58. The maximum atomic E-state index is 12.7. The van der Waals surface area contributed by atoms with Crippen LogP contribution in [0.3, 0.4) is 0 Å². The van der Waals surface area contributed by atoms with Gasteiger partial charge in [0.15, 0.2) is 0 Å². The summed E-state index contributed by atoms with van der Waals surface area (Å²) in [5.41, 5.74) is 5.64. The SMILES string of the molecule is NC[C@@H]1CCCN1C(=O)CCOc1ccc(F)cc1. The summed E-state index contributed by atoms with van der Waals surface area (Å²) in [7, 11) is 0. The van der Waals surface area contributed by atoms with E-state index in [4.69, 9.17) is 10.5 Å². The third-order valence-corrected chi connectivity index (χ3v) is 3.37. The van der Waals surface area contributed by atoms with E-state index in [-0.39, 0.29) is 17.8 Å². The lowest BCUT2D eigenvalue weighted by atomic mass is 10.2. The van der Waals surface area contributed by atoms with Crippen LogP contribution in [0.2, 0.25) is 0 Å². The molecule has 0 aromatic heterocycles. The molecule has 4 nitrogen and oxygen atoms in total. The maximum Gasteiger partial charge on any atom is 0.226 e. The van der Waals surface area contributed by atoms with E-state index < -0.39 is 0 Å². The van der Waals surface area contributed by atoms with Gasteiger partial charge < -0.3 is 15.4 Å². The van der Waals surface area contributed by atoms with E-state index in [1.165, 1.54) is 12.1 Å². The molecule has 0 radical (unpaired) electrons. The summed E-state index contributed by atoms with van der Waals surface area (Å²) in [6, 6.07) is 5.96. The molecule has 1 aliphatic heterocycles. The van der Waals surface area contributed by atoms with Crippen LogP contribution in [0.4, 0.5) is 4.39 Å². The second-order valence-corrected chi connectivity index (χ2v) is 4.67. The minimum Gasteiger partial charge on any atom is -0.493 e. The maximum absolute atomic E-state index is 12.7. The quantitative estimate of drug-likeness (QED) is 0.879. The van der Waals surface area contributed by atoms with Crippen LogP contribution in [0.15, 0.2) is 24.3 Å². The molecule has 1 aliphatic rings. The van der Waals surface area contributed by atoms with Crippen LogP contribution in [0.25, 0.3) is 0 Å². The van der Waals surface area contributed by atoms with Gasteiger partial charge in [0, 0.05) is 19.1 Å². The fraction of sp³-hybridized carbons (Fsp3) is 0.500. The van der Waals surface area contributed by atoms with E-state index in [0.717, 1.165) is 19.4 Å². The van der Waals surface area contributed by atoms with E-state index in [9.17, 15) is 9.18 Å². The molecule has 2 rings (SSSR count). The van der Waals surface area contributed by atoms with Gasteiger partial charge in [-0.25, -0.2) is 4.39 Å². The van der Waals surface area contributed by atoms with Crippen molar-refractivity contribution < 1.29 is 13.9 Å². The van der Waals surface area contributed by atoms with Gasteiger partial charge in [-0.15, -0.1) is 0 Å². The van der Waals surface area contributed by atoms with E-state index in [0.29, 0.717) is 25.3 Å². The molecule has 2 N–H and O–H groups in total. The molecule has 104 valence electrons. The predicted molar refractivity (Wildman–Crippen MR) is 70.3 cm³/mol. The molecule has 1 saturated heterocycles. The van der Waals surface area contributed by atoms with Crippen LogP contribution in [-0.2, 0) is 4.79 Å². The number of carbonyl (C=O) groups is 1. The topological polar surface area (TPSA) is 55.6 Å². The molecule has 1 amide bonds. The fourth-order valence-corrected chi connectivity index (χ4v) is 2.34. The molecule has 1 heterocycles. The summed E-state index contributed by atoms with van der Waals surface area (Å²) in [5.74, 6) is 0.354. The molecule has 19 heavy (non-hydrogen) atoms. The van der Waals surface area contributed by atoms with Crippen LogP contribution >= 0.6 is 0 Å². The average Bonchev–Trinajstić information content (AvgIpc) is 2.89. The highest BCUT2D eigenvalue weighted by molar-refractivity contribution is 5.77. The highest BCUT2D eigenvalue weighted by Gasteiger charge is 2.26. The Balaban J connectivity index is 1.76. The van der Waals surface area contributed by atoms with E-state index in [1.54, 1.807) is 12.1 Å². The number of likely N-dealkylation sites (tertiary alicyclic amines) is 1. The summed E-state index contributed by atoms with van der Waals surface area (Å²) in [6.07, 6.45) is 2.33. The normalized spacial score (nSPS) is 18.6. The van der Waals surface area contributed by atoms with Crippen LogP contribution in [0.1, 0.15) is 19.3 Å². The number of benzene rings is 1. The molecule has 0 bridgehead atoms. The Morgan fingerprint density at radius 2 is 2.16 bits per heavy atom. The molecular formula is C14H19FN2O2. The smallest absolute Gasteiger partial charge is 0.226 e. The van der Waals surface area contributed by atoms with Crippen molar-refractivity contribution in [3.05, 3.63) is 30.1 Å². The highest BCUT2D eigenvalue weighted by Crippen LogP contribution is 2.17. The van der Waals surface area contributed by atoms with Gasteiger partial charge in [0.1, 0.15) is 11.6 Å². The summed E-state index contributed by atoms with van der Waals surface area (Å²) >= 11 is 0. The lowest BCUT2D eigenvalue weighted by molar-refractivity contribution is -0.132. The summed E-state index contributed by atoms with van der Waals surface area (Å²) < 4.78 is 18.1. The molecule has 0 spiro atoms. The summed E-state index contributed by atoms with van der Waals surface area (Å²) in [6.45, 7) is 1.61. The van der Waals surface area contributed by atoms with Crippen LogP contribution in [0, 0.1) is 5.82 Å². The molecule has 1 aromatic carbocycles. The fourth-order valence-electron chi connectivity index (χ4n) is 2.34. The predicted octanol–water partition coefficient (Wildman–Crippen LogP) is 1.54. The molecule has 0 saturated carbocycles. The van der Waals surface area contributed by atoms with Gasteiger partial charge >= 0.3 is 0 Å². The lowest BCUT2D eigenvalue weighted by Crippen LogP contribution is -2.40. The number of amides is 1. The van der Waals surface area contributed by atoms with Crippen LogP contribution in [0.5, 0.6) is 5.75 Å². The molecular weight excluding hydrogens is 247 g/mol. The number of hydrogen-bond acceptors (Lipinski definition) is 3. The lowest BCUT2D eigenvalue weighted by Gasteiger charge is -2.23. The van der Waals surface area contributed by atoms with Crippen molar-refractivity contribution >= 4 is 5.91 Å². The zero-order valence-corrected chi connectivity index (χ0v) is 10.8. The Bertz CT molecular complexity index is 422. The van der Waals surface area contributed by atoms with Crippen LogP contribution < -0.4 is 10.5 Å². The number of hydrogen-bond donors (Lipinski definition) is 1. The van der Waals surface area contributed by atoms with Crippen LogP contribution in [-0.4, -0.2) is 36.5 Å². The number of ether oxygens (including phenoxy) is 1. The molecule has 5 heteroatoms. The minimum absolute atomic E-state index is 0.0788. The van der Waals surface area contributed by atoms with Gasteiger partial charge in [-0.2, -0.15) is 0 Å². The van der Waals surface area contributed by atoms with E-state index in [2.05, 4.69) is 0 Å². The van der Waals surface area contributed by atoms with Crippen molar-refractivity contribution in [3.63, 3.8) is 0 Å².